The van der Waals surface area contributed by atoms with Crippen molar-refractivity contribution in [3.05, 3.63) is 82.9 Å². The predicted octanol–water partition coefficient (Wildman–Crippen LogP) is 2.65. The number of likely N-dealkylation sites (N-methyl/N-ethyl adjacent to an activating group) is 1. The summed E-state index contributed by atoms with van der Waals surface area (Å²) in [5.41, 5.74) is 3.15. The first-order valence-electron chi connectivity index (χ1n) is 11.6. The van der Waals surface area contributed by atoms with Crippen LogP contribution in [-0.2, 0) is 11.2 Å². The minimum absolute atomic E-state index is 0.0226. The lowest BCUT2D eigenvalue weighted by Gasteiger charge is -2.20. The van der Waals surface area contributed by atoms with Gasteiger partial charge in [0, 0.05) is 30.7 Å². The van der Waals surface area contributed by atoms with Crippen molar-refractivity contribution in [2.24, 2.45) is 0 Å². The fourth-order valence-electron chi connectivity index (χ4n) is 3.77. The van der Waals surface area contributed by atoms with E-state index in [-0.39, 0.29) is 18.2 Å². The van der Waals surface area contributed by atoms with Crippen LogP contribution in [0.2, 0.25) is 0 Å². The molecule has 2 amide bonds. The second-order valence-electron chi connectivity index (χ2n) is 9.20. The molecule has 8 heteroatoms. The molecular weight excluding hydrogens is 456 g/mol. The molecular formula is C28H28N4O4. The van der Waals surface area contributed by atoms with Gasteiger partial charge in [0.05, 0.1) is 5.69 Å². The summed E-state index contributed by atoms with van der Waals surface area (Å²) in [7, 11) is 1.62. The number of rotatable bonds is 4. The van der Waals surface area contributed by atoms with E-state index >= 15 is 0 Å². The Morgan fingerprint density at radius 2 is 2.03 bits per heavy atom. The van der Waals surface area contributed by atoms with Crippen LogP contribution in [0.4, 0.5) is 5.69 Å². The van der Waals surface area contributed by atoms with Gasteiger partial charge in [-0.15, -0.1) is 0 Å². The highest BCUT2D eigenvalue weighted by Crippen LogP contribution is 2.31. The highest BCUT2D eigenvalue weighted by Gasteiger charge is 2.31. The number of aryl methyl sites for hydroxylation is 1. The van der Waals surface area contributed by atoms with Crippen LogP contribution in [0.1, 0.15) is 46.7 Å². The topological polar surface area (TPSA) is 105 Å². The Morgan fingerprint density at radius 1 is 1.22 bits per heavy atom. The van der Waals surface area contributed by atoms with Crippen LogP contribution in [0.15, 0.2) is 54.9 Å². The van der Waals surface area contributed by atoms with Crippen LogP contribution in [0.25, 0.3) is 0 Å². The molecule has 36 heavy (non-hydrogen) atoms. The molecule has 0 bridgehead atoms. The summed E-state index contributed by atoms with van der Waals surface area (Å²) in [6.07, 6.45) is 3.94. The van der Waals surface area contributed by atoms with Gasteiger partial charge < -0.3 is 20.1 Å². The maximum absolute atomic E-state index is 13.2. The average molecular weight is 485 g/mol. The Balaban J connectivity index is 1.49. The Hall–Kier alpha value is -4.22. The number of benzene rings is 1. The van der Waals surface area contributed by atoms with Crippen LogP contribution in [-0.4, -0.2) is 52.2 Å². The zero-order valence-electron chi connectivity index (χ0n) is 20.7. The fraction of sp³-hybridized carbons (Fsp3) is 0.286. The molecule has 0 saturated carbocycles. The van der Waals surface area contributed by atoms with E-state index in [1.54, 1.807) is 57.6 Å². The number of ether oxygens (including phenoxy) is 1. The van der Waals surface area contributed by atoms with Crippen molar-refractivity contribution in [2.75, 3.05) is 18.6 Å². The van der Waals surface area contributed by atoms with E-state index in [4.69, 9.17) is 4.74 Å². The average Bonchev–Trinajstić information content (AvgIpc) is 2.96. The van der Waals surface area contributed by atoms with E-state index in [0.29, 0.717) is 23.4 Å². The van der Waals surface area contributed by atoms with Crippen molar-refractivity contribution in [3.8, 4) is 17.6 Å². The molecule has 1 aliphatic rings. The molecule has 0 saturated heterocycles. The SMILES string of the molecule is Cc1ncccc1Cc1ccnc(C(=O)N[C@H]2COc3ccc(C#CC(C)(C)O)cc3N(C)C2=O)c1. The number of aliphatic hydroxyl groups is 1. The summed E-state index contributed by atoms with van der Waals surface area (Å²) < 4.78 is 5.85. The Labute approximate surface area is 210 Å². The van der Waals surface area contributed by atoms with Gasteiger partial charge in [-0.05, 0) is 74.7 Å². The maximum atomic E-state index is 13.2. The summed E-state index contributed by atoms with van der Waals surface area (Å²) in [4.78, 5) is 36.1. The molecule has 0 radical (unpaired) electrons. The van der Waals surface area contributed by atoms with Gasteiger partial charge in [-0.25, -0.2) is 0 Å². The molecule has 3 aromatic rings. The van der Waals surface area contributed by atoms with Crippen LogP contribution < -0.4 is 15.0 Å². The third-order valence-electron chi connectivity index (χ3n) is 5.74. The van der Waals surface area contributed by atoms with E-state index in [9.17, 15) is 14.7 Å². The zero-order valence-corrected chi connectivity index (χ0v) is 20.7. The van der Waals surface area contributed by atoms with Gasteiger partial charge in [0.15, 0.2) is 0 Å². The summed E-state index contributed by atoms with van der Waals surface area (Å²) in [6.45, 7) is 5.12. The molecule has 2 N–H and O–H groups in total. The first-order valence-corrected chi connectivity index (χ1v) is 11.6. The Bertz CT molecular complexity index is 1370. The number of nitrogens with one attached hydrogen (secondary N) is 1. The highest BCUT2D eigenvalue weighted by molar-refractivity contribution is 6.03. The van der Waals surface area contributed by atoms with Crippen LogP contribution in [0.5, 0.6) is 5.75 Å². The Morgan fingerprint density at radius 3 is 2.78 bits per heavy atom. The van der Waals surface area contributed by atoms with E-state index in [0.717, 1.165) is 16.8 Å². The first-order chi connectivity index (χ1) is 17.1. The molecule has 8 nitrogen and oxygen atoms in total. The van der Waals surface area contributed by atoms with Crippen molar-refractivity contribution in [1.29, 1.82) is 0 Å². The van der Waals surface area contributed by atoms with Gasteiger partial charge in [0.1, 0.15) is 29.7 Å². The summed E-state index contributed by atoms with van der Waals surface area (Å²) >= 11 is 0. The van der Waals surface area contributed by atoms with Crippen LogP contribution >= 0.6 is 0 Å². The van der Waals surface area contributed by atoms with Gasteiger partial charge in [-0.2, -0.15) is 0 Å². The number of anilines is 1. The molecule has 3 heterocycles. The number of aromatic nitrogens is 2. The fourth-order valence-corrected chi connectivity index (χ4v) is 3.77. The number of carbonyl (C=O) groups excluding carboxylic acids is 2. The molecule has 1 aromatic carbocycles. The van der Waals surface area contributed by atoms with Gasteiger partial charge in [-0.1, -0.05) is 17.9 Å². The number of pyridine rings is 2. The maximum Gasteiger partial charge on any atom is 0.270 e. The van der Waals surface area contributed by atoms with E-state index in [1.807, 2.05) is 25.1 Å². The van der Waals surface area contributed by atoms with E-state index in [2.05, 4.69) is 27.1 Å². The normalized spacial score (nSPS) is 15.2. The first kappa shape index (κ1) is 24.9. The molecule has 1 aliphatic heterocycles. The minimum Gasteiger partial charge on any atom is -0.489 e. The molecule has 0 spiro atoms. The second-order valence-corrected chi connectivity index (χ2v) is 9.20. The van der Waals surface area contributed by atoms with Crippen molar-refractivity contribution in [1.82, 2.24) is 15.3 Å². The van der Waals surface area contributed by atoms with Gasteiger partial charge >= 0.3 is 0 Å². The summed E-state index contributed by atoms with van der Waals surface area (Å²) in [5.74, 6) is 5.38. The van der Waals surface area contributed by atoms with Gasteiger partial charge in [0.25, 0.3) is 11.8 Å². The second kappa shape index (κ2) is 10.2. The largest absolute Gasteiger partial charge is 0.489 e. The number of carbonyl (C=O) groups is 2. The lowest BCUT2D eigenvalue weighted by Crippen LogP contribution is -2.49. The molecule has 184 valence electrons. The third kappa shape index (κ3) is 5.88. The summed E-state index contributed by atoms with van der Waals surface area (Å²) in [5, 5.41) is 12.6. The molecule has 0 aliphatic carbocycles. The lowest BCUT2D eigenvalue weighted by molar-refractivity contribution is -0.120. The minimum atomic E-state index is -1.14. The summed E-state index contributed by atoms with van der Waals surface area (Å²) in [6, 6.07) is 11.8. The smallest absolute Gasteiger partial charge is 0.270 e. The zero-order chi connectivity index (χ0) is 25.9. The number of amides is 2. The van der Waals surface area contributed by atoms with Crippen molar-refractivity contribution >= 4 is 17.5 Å². The predicted molar refractivity (Wildman–Crippen MR) is 136 cm³/mol. The Kier molecular flexibility index (Phi) is 7.04. The number of nitrogens with zero attached hydrogens (tertiary/aromatic N) is 3. The molecule has 2 aromatic heterocycles. The van der Waals surface area contributed by atoms with Crippen molar-refractivity contribution < 1.29 is 19.4 Å². The molecule has 0 fully saturated rings. The monoisotopic (exact) mass is 484 g/mol. The number of hydrogen-bond acceptors (Lipinski definition) is 6. The number of fused-ring (bicyclic) bond motifs is 1. The van der Waals surface area contributed by atoms with Crippen LogP contribution in [0.3, 0.4) is 0 Å². The van der Waals surface area contributed by atoms with E-state index in [1.165, 1.54) is 4.90 Å². The standard InChI is InChI=1S/C28H28N4O4/c1-18-21(6-5-12-29-18)14-20-10-13-30-22(15-20)26(33)31-23-17-36-25-8-7-19(9-11-28(2,3)35)16-24(25)32(4)27(23)34/h5-8,10,12-13,15-16,23,35H,14,17H2,1-4H3,(H,31,33)/t23-/m0/s1. The lowest BCUT2D eigenvalue weighted by atomic mass is 10.0. The molecule has 1 atom stereocenters. The molecule has 0 unspecified atom stereocenters. The van der Waals surface area contributed by atoms with Gasteiger partial charge in [-0.3, -0.25) is 19.6 Å². The molecule has 4 rings (SSSR count). The van der Waals surface area contributed by atoms with Crippen molar-refractivity contribution in [3.63, 3.8) is 0 Å². The quantitative estimate of drug-likeness (QED) is 0.552. The van der Waals surface area contributed by atoms with Gasteiger partial charge in [0.2, 0.25) is 0 Å². The van der Waals surface area contributed by atoms with Crippen LogP contribution in [0, 0.1) is 18.8 Å². The number of hydrogen-bond donors (Lipinski definition) is 2. The third-order valence-corrected chi connectivity index (χ3v) is 5.74. The highest BCUT2D eigenvalue weighted by atomic mass is 16.5. The van der Waals surface area contributed by atoms with Crippen molar-refractivity contribution in [2.45, 2.75) is 38.8 Å². The van der Waals surface area contributed by atoms with E-state index < -0.39 is 17.6 Å².